The van der Waals surface area contributed by atoms with Crippen molar-refractivity contribution >= 4 is 23.4 Å². The van der Waals surface area contributed by atoms with Gasteiger partial charge in [0, 0.05) is 30.2 Å². The highest BCUT2D eigenvalue weighted by molar-refractivity contribution is 8.00. The maximum Gasteiger partial charge on any atom is 0.277 e. The maximum absolute atomic E-state index is 12.8. The van der Waals surface area contributed by atoms with Crippen LogP contribution in [0.4, 0.5) is 5.69 Å². The number of nitrogens with zero attached hydrogens (tertiary/aromatic N) is 4. The van der Waals surface area contributed by atoms with Gasteiger partial charge in [-0.05, 0) is 38.1 Å². The molecule has 1 aromatic carbocycles. The first-order valence-electron chi connectivity index (χ1n) is 7.96. The zero-order valence-corrected chi connectivity index (χ0v) is 14.8. The van der Waals surface area contributed by atoms with Gasteiger partial charge < -0.3 is 9.32 Å². The molecule has 0 saturated heterocycles. The molecule has 1 atom stereocenters. The van der Waals surface area contributed by atoms with E-state index in [1.807, 2.05) is 44.2 Å². The van der Waals surface area contributed by atoms with Crippen LogP contribution >= 0.6 is 11.8 Å². The summed E-state index contributed by atoms with van der Waals surface area (Å²) in [4.78, 5) is 18.5. The SMILES string of the molecule is CCN(C(=O)[C@H](C)Sc1nnc(-c2ccncc2)o1)c1ccccc1. The fourth-order valence-electron chi connectivity index (χ4n) is 2.36. The van der Waals surface area contributed by atoms with Crippen molar-refractivity contribution in [2.24, 2.45) is 0 Å². The highest BCUT2D eigenvalue weighted by Crippen LogP contribution is 2.27. The molecular weight excluding hydrogens is 336 g/mol. The van der Waals surface area contributed by atoms with Gasteiger partial charge in [0.05, 0.1) is 5.25 Å². The Kier molecular flexibility index (Phi) is 5.45. The number of benzene rings is 1. The van der Waals surface area contributed by atoms with Gasteiger partial charge in [0.15, 0.2) is 0 Å². The van der Waals surface area contributed by atoms with Gasteiger partial charge >= 0.3 is 0 Å². The van der Waals surface area contributed by atoms with E-state index < -0.39 is 0 Å². The number of aromatic nitrogens is 3. The molecule has 6 nitrogen and oxygen atoms in total. The summed E-state index contributed by atoms with van der Waals surface area (Å²) >= 11 is 1.26. The fraction of sp³-hybridized carbons (Fsp3) is 0.222. The first-order valence-corrected chi connectivity index (χ1v) is 8.84. The van der Waals surface area contributed by atoms with E-state index in [1.165, 1.54) is 11.8 Å². The first-order chi connectivity index (χ1) is 12.2. The quantitative estimate of drug-likeness (QED) is 0.629. The predicted molar refractivity (Wildman–Crippen MR) is 97.3 cm³/mol. The monoisotopic (exact) mass is 354 g/mol. The summed E-state index contributed by atoms with van der Waals surface area (Å²) in [6, 6.07) is 13.2. The normalized spacial score (nSPS) is 11.9. The molecule has 3 aromatic rings. The number of hydrogen-bond donors (Lipinski definition) is 0. The Morgan fingerprint density at radius 1 is 1.16 bits per heavy atom. The largest absolute Gasteiger partial charge is 0.411 e. The van der Waals surface area contributed by atoms with E-state index in [1.54, 1.807) is 29.4 Å². The molecule has 0 N–H and O–H groups in total. The minimum absolute atomic E-state index is 0.00219. The third-order valence-electron chi connectivity index (χ3n) is 3.61. The number of pyridine rings is 1. The van der Waals surface area contributed by atoms with Gasteiger partial charge in [-0.3, -0.25) is 9.78 Å². The third-order valence-corrected chi connectivity index (χ3v) is 4.53. The smallest absolute Gasteiger partial charge is 0.277 e. The van der Waals surface area contributed by atoms with Gasteiger partial charge in [-0.25, -0.2) is 0 Å². The molecule has 0 aliphatic carbocycles. The van der Waals surface area contributed by atoms with Gasteiger partial charge in [-0.1, -0.05) is 30.0 Å². The van der Waals surface area contributed by atoms with Crippen LogP contribution in [0.1, 0.15) is 13.8 Å². The van der Waals surface area contributed by atoms with E-state index in [0.29, 0.717) is 17.7 Å². The molecule has 25 heavy (non-hydrogen) atoms. The summed E-state index contributed by atoms with van der Waals surface area (Å²) in [7, 11) is 0. The molecule has 2 heterocycles. The lowest BCUT2D eigenvalue weighted by atomic mass is 10.2. The second kappa shape index (κ2) is 7.94. The zero-order valence-electron chi connectivity index (χ0n) is 14.0. The first kappa shape index (κ1) is 17.2. The molecule has 0 spiro atoms. The topological polar surface area (TPSA) is 72.1 Å². The lowest BCUT2D eigenvalue weighted by Crippen LogP contribution is -2.36. The van der Waals surface area contributed by atoms with Crippen molar-refractivity contribution in [2.75, 3.05) is 11.4 Å². The van der Waals surface area contributed by atoms with Gasteiger partial charge in [0.25, 0.3) is 5.22 Å². The molecule has 0 bridgehead atoms. The lowest BCUT2D eigenvalue weighted by Gasteiger charge is -2.23. The summed E-state index contributed by atoms with van der Waals surface area (Å²) < 4.78 is 5.65. The molecule has 3 rings (SSSR count). The number of hydrogen-bond acceptors (Lipinski definition) is 6. The molecule has 1 amide bonds. The summed E-state index contributed by atoms with van der Waals surface area (Å²) in [6.07, 6.45) is 3.33. The molecule has 2 aromatic heterocycles. The van der Waals surface area contributed by atoms with Crippen LogP contribution in [-0.2, 0) is 4.79 Å². The van der Waals surface area contributed by atoms with Crippen LogP contribution in [-0.4, -0.2) is 32.9 Å². The van der Waals surface area contributed by atoms with Crippen LogP contribution in [0.15, 0.2) is 64.5 Å². The van der Waals surface area contributed by atoms with Crippen molar-refractivity contribution in [3.8, 4) is 11.5 Å². The Hall–Kier alpha value is -2.67. The van der Waals surface area contributed by atoms with Crippen LogP contribution in [0.5, 0.6) is 0 Å². The van der Waals surface area contributed by atoms with Gasteiger partial charge in [0.2, 0.25) is 11.8 Å². The van der Waals surface area contributed by atoms with Crippen LogP contribution in [0.2, 0.25) is 0 Å². The fourth-order valence-corrected chi connectivity index (χ4v) is 3.11. The van der Waals surface area contributed by atoms with Crippen LogP contribution in [0.3, 0.4) is 0 Å². The number of anilines is 1. The van der Waals surface area contributed by atoms with Crippen molar-refractivity contribution in [1.82, 2.24) is 15.2 Å². The Morgan fingerprint density at radius 3 is 2.56 bits per heavy atom. The third kappa shape index (κ3) is 4.06. The maximum atomic E-state index is 12.8. The van der Waals surface area contributed by atoms with Crippen LogP contribution in [0, 0.1) is 0 Å². The van der Waals surface area contributed by atoms with E-state index in [-0.39, 0.29) is 11.2 Å². The van der Waals surface area contributed by atoms with E-state index in [9.17, 15) is 4.79 Å². The van der Waals surface area contributed by atoms with Crippen molar-refractivity contribution in [2.45, 2.75) is 24.3 Å². The number of carbonyl (C=O) groups is 1. The summed E-state index contributed by atoms with van der Waals surface area (Å²) in [5.74, 6) is 0.419. The molecule has 0 radical (unpaired) electrons. The molecule has 0 aliphatic rings. The Bertz CT molecular complexity index is 823. The number of carbonyl (C=O) groups excluding carboxylic acids is 1. The Labute approximate surface area is 150 Å². The minimum atomic E-state index is -0.342. The van der Waals surface area contributed by atoms with Crippen LogP contribution < -0.4 is 4.90 Å². The molecule has 0 unspecified atom stereocenters. The van der Waals surface area contributed by atoms with Gasteiger partial charge in [-0.2, -0.15) is 0 Å². The number of amides is 1. The van der Waals surface area contributed by atoms with E-state index in [2.05, 4.69) is 15.2 Å². The number of rotatable bonds is 6. The summed E-state index contributed by atoms with van der Waals surface area (Å²) in [6.45, 7) is 4.39. The standard InChI is InChI=1S/C18H18N4O2S/c1-3-22(15-7-5-4-6-8-15)17(23)13(2)25-18-21-20-16(24-18)14-9-11-19-12-10-14/h4-13H,3H2,1-2H3/t13-/m0/s1. The Morgan fingerprint density at radius 2 is 1.88 bits per heavy atom. The van der Waals surface area contributed by atoms with Crippen molar-refractivity contribution < 1.29 is 9.21 Å². The van der Waals surface area contributed by atoms with Crippen molar-refractivity contribution in [3.63, 3.8) is 0 Å². The van der Waals surface area contributed by atoms with Crippen LogP contribution in [0.25, 0.3) is 11.5 Å². The Balaban J connectivity index is 1.70. The molecule has 0 fully saturated rings. The van der Waals surface area contributed by atoms with Crippen molar-refractivity contribution in [1.29, 1.82) is 0 Å². The minimum Gasteiger partial charge on any atom is -0.411 e. The molecule has 0 saturated carbocycles. The predicted octanol–water partition coefficient (Wildman–Crippen LogP) is 3.67. The lowest BCUT2D eigenvalue weighted by molar-refractivity contribution is -0.117. The van der Waals surface area contributed by atoms with Crippen molar-refractivity contribution in [3.05, 3.63) is 54.9 Å². The number of para-hydroxylation sites is 1. The van der Waals surface area contributed by atoms with Gasteiger partial charge in [0.1, 0.15) is 0 Å². The molecule has 7 heteroatoms. The average Bonchev–Trinajstić information content (AvgIpc) is 3.12. The van der Waals surface area contributed by atoms with E-state index in [4.69, 9.17) is 4.42 Å². The highest BCUT2D eigenvalue weighted by atomic mass is 32.2. The molecule has 0 aliphatic heterocycles. The summed E-state index contributed by atoms with van der Waals surface area (Å²) in [5, 5.41) is 8.09. The highest BCUT2D eigenvalue weighted by Gasteiger charge is 2.24. The van der Waals surface area contributed by atoms with E-state index >= 15 is 0 Å². The zero-order chi connectivity index (χ0) is 17.6. The van der Waals surface area contributed by atoms with E-state index in [0.717, 1.165) is 11.3 Å². The second-order valence-corrected chi connectivity index (χ2v) is 6.58. The second-order valence-electron chi connectivity index (χ2n) is 5.29. The number of thioether (sulfide) groups is 1. The van der Waals surface area contributed by atoms with Gasteiger partial charge in [-0.15, -0.1) is 10.2 Å². The molecule has 128 valence electrons. The molecular formula is C18H18N4O2S. The summed E-state index contributed by atoms with van der Waals surface area (Å²) in [5.41, 5.74) is 1.68. The average molecular weight is 354 g/mol.